The number of Topliss-reactive ketones (excluding diaryl/α,β-unsaturated/α-hetero) is 1. The number of esters is 1. The van der Waals surface area contributed by atoms with Crippen molar-refractivity contribution in [1.82, 2.24) is 4.72 Å². The van der Waals surface area contributed by atoms with Crippen molar-refractivity contribution in [2.24, 2.45) is 0 Å². The molecule has 0 radical (unpaired) electrons. The van der Waals surface area contributed by atoms with Gasteiger partial charge in [-0.1, -0.05) is 0 Å². The van der Waals surface area contributed by atoms with Gasteiger partial charge in [-0.05, 0) is 55.5 Å². The first-order valence-electron chi connectivity index (χ1n) is 8.77. The van der Waals surface area contributed by atoms with Gasteiger partial charge < -0.3 is 9.47 Å². The van der Waals surface area contributed by atoms with E-state index in [4.69, 9.17) is 14.7 Å². The summed E-state index contributed by atoms with van der Waals surface area (Å²) in [5, 5.41) is 8.46. The first-order valence-corrected chi connectivity index (χ1v) is 10.3. The predicted octanol–water partition coefficient (Wildman–Crippen LogP) is 2.32. The minimum atomic E-state index is -3.76. The molecule has 29 heavy (non-hydrogen) atoms. The molecule has 0 fully saturated rings. The fourth-order valence-corrected chi connectivity index (χ4v) is 3.33. The van der Waals surface area contributed by atoms with E-state index in [-0.39, 0.29) is 29.2 Å². The lowest BCUT2D eigenvalue weighted by Gasteiger charge is -2.07. The summed E-state index contributed by atoms with van der Waals surface area (Å²) in [4.78, 5) is 24.2. The maximum absolute atomic E-state index is 12.1. The Hall–Kier alpha value is -3.22. The van der Waals surface area contributed by atoms with E-state index in [1.54, 1.807) is 24.3 Å². The lowest BCUT2D eigenvalue weighted by molar-refractivity contribution is 0.0474. The summed E-state index contributed by atoms with van der Waals surface area (Å²) in [6.07, 6.45) is 0.0476. The maximum atomic E-state index is 12.1. The molecule has 0 saturated carbocycles. The number of benzene rings is 2. The van der Waals surface area contributed by atoms with Gasteiger partial charge in [0.15, 0.2) is 12.4 Å². The first-order chi connectivity index (χ1) is 13.9. The van der Waals surface area contributed by atoms with E-state index in [9.17, 15) is 18.0 Å². The number of hydrogen-bond donors (Lipinski definition) is 1. The number of ether oxygens (including phenoxy) is 2. The predicted molar refractivity (Wildman–Crippen MR) is 104 cm³/mol. The van der Waals surface area contributed by atoms with Crippen molar-refractivity contribution in [3.8, 4) is 11.8 Å². The quantitative estimate of drug-likeness (QED) is 0.358. The summed E-state index contributed by atoms with van der Waals surface area (Å²) in [7, 11) is -3.76. The number of hydrogen-bond acceptors (Lipinski definition) is 7. The molecule has 0 heterocycles. The van der Waals surface area contributed by atoms with E-state index in [0.717, 1.165) is 0 Å². The highest BCUT2D eigenvalue weighted by molar-refractivity contribution is 7.89. The van der Waals surface area contributed by atoms with Gasteiger partial charge in [0, 0.05) is 18.5 Å². The normalized spacial score (nSPS) is 10.8. The molecule has 9 heteroatoms. The molecule has 0 aliphatic rings. The second-order valence-electron chi connectivity index (χ2n) is 5.79. The lowest BCUT2D eigenvalue weighted by Crippen LogP contribution is -2.24. The Kier molecular flexibility index (Phi) is 7.88. The number of ketones is 1. The van der Waals surface area contributed by atoms with Crippen LogP contribution in [0.2, 0.25) is 0 Å². The van der Waals surface area contributed by atoms with E-state index in [0.29, 0.717) is 17.9 Å². The highest BCUT2D eigenvalue weighted by Gasteiger charge is 2.16. The number of nitrogens with zero attached hydrogens (tertiary/aromatic N) is 1. The van der Waals surface area contributed by atoms with Crippen molar-refractivity contribution in [1.29, 1.82) is 5.26 Å². The number of nitriles is 1. The van der Waals surface area contributed by atoms with Crippen LogP contribution in [0.1, 0.15) is 34.1 Å². The standard InChI is InChI=1S/C20H20N2O6S/c1-2-27-17-8-4-15(5-9-17)19(23)14-28-20(24)16-6-10-18(11-7-16)29(25,26)22-13-3-12-21/h4-11,22H,2-3,13-14H2,1H3. The average molecular weight is 416 g/mol. The van der Waals surface area contributed by atoms with Gasteiger partial charge in [0.1, 0.15) is 5.75 Å². The molecule has 1 N–H and O–H groups in total. The molecule has 2 aromatic carbocycles. The van der Waals surface area contributed by atoms with E-state index in [1.807, 2.05) is 13.0 Å². The second kappa shape index (κ2) is 10.4. The van der Waals surface area contributed by atoms with Gasteiger partial charge in [0.2, 0.25) is 10.0 Å². The van der Waals surface area contributed by atoms with E-state index >= 15 is 0 Å². The van der Waals surface area contributed by atoms with Crippen molar-refractivity contribution in [2.75, 3.05) is 19.8 Å². The molecule has 2 aromatic rings. The Bertz CT molecular complexity index is 993. The smallest absolute Gasteiger partial charge is 0.338 e. The second-order valence-corrected chi connectivity index (χ2v) is 7.55. The molecule has 0 amide bonds. The van der Waals surface area contributed by atoms with Crippen LogP contribution in [0.25, 0.3) is 0 Å². The zero-order valence-corrected chi connectivity index (χ0v) is 16.6. The fraction of sp³-hybridized carbons (Fsp3) is 0.250. The molecule has 2 rings (SSSR count). The third kappa shape index (κ3) is 6.41. The number of sulfonamides is 1. The molecule has 0 bridgehead atoms. The van der Waals surface area contributed by atoms with E-state index < -0.39 is 22.6 Å². The number of carbonyl (C=O) groups is 2. The Balaban J connectivity index is 1.93. The molecule has 0 atom stereocenters. The van der Waals surface area contributed by atoms with Crippen LogP contribution in [0.15, 0.2) is 53.4 Å². The van der Waals surface area contributed by atoms with Gasteiger partial charge in [0.25, 0.3) is 0 Å². The minimum Gasteiger partial charge on any atom is -0.494 e. The monoisotopic (exact) mass is 416 g/mol. The minimum absolute atomic E-state index is 0.00368. The fourth-order valence-electron chi connectivity index (χ4n) is 2.30. The Morgan fingerprint density at radius 3 is 2.24 bits per heavy atom. The molecule has 0 unspecified atom stereocenters. The molecule has 0 aliphatic carbocycles. The average Bonchev–Trinajstić information content (AvgIpc) is 2.73. The third-order valence-corrected chi connectivity index (χ3v) is 5.23. The van der Waals surface area contributed by atoms with E-state index in [2.05, 4.69) is 4.72 Å². The Morgan fingerprint density at radius 2 is 1.66 bits per heavy atom. The Morgan fingerprint density at radius 1 is 1.03 bits per heavy atom. The molecular formula is C20H20N2O6S. The van der Waals surface area contributed by atoms with Crippen molar-refractivity contribution >= 4 is 21.8 Å². The van der Waals surface area contributed by atoms with Gasteiger partial charge in [-0.2, -0.15) is 5.26 Å². The van der Waals surface area contributed by atoms with Gasteiger partial charge in [0.05, 0.1) is 23.1 Å². The van der Waals surface area contributed by atoms with Crippen LogP contribution in [-0.2, 0) is 14.8 Å². The van der Waals surface area contributed by atoms with Crippen LogP contribution in [0, 0.1) is 11.3 Å². The van der Waals surface area contributed by atoms with E-state index in [1.165, 1.54) is 24.3 Å². The number of carbonyl (C=O) groups excluding carboxylic acids is 2. The summed E-state index contributed by atoms with van der Waals surface area (Å²) in [5.41, 5.74) is 0.492. The van der Waals surface area contributed by atoms with Crippen LogP contribution in [0.3, 0.4) is 0 Å². The van der Waals surface area contributed by atoms with Crippen LogP contribution < -0.4 is 9.46 Å². The van der Waals surface area contributed by atoms with Crippen molar-refractivity contribution in [3.05, 3.63) is 59.7 Å². The van der Waals surface area contributed by atoms with Gasteiger partial charge >= 0.3 is 5.97 Å². The largest absolute Gasteiger partial charge is 0.494 e. The Labute approximate surface area is 169 Å². The van der Waals surface area contributed by atoms with Gasteiger partial charge in [-0.3, -0.25) is 4.79 Å². The summed E-state index contributed by atoms with van der Waals surface area (Å²) < 4.78 is 36.6. The SMILES string of the molecule is CCOc1ccc(C(=O)COC(=O)c2ccc(S(=O)(=O)NCCC#N)cc2)cc1. The van der Waals surface area contributed by atoms with Crippen molar-refractivity contribution < 1.29 is 27.5 Å². The summed E-state index contributed by atoms with van der Waals surface area (Å²) in [5.74, 6) is -0.480. The molecule has 0 aromatic heterocycles. The van der Waals surface area contributed by atoms with Crippen molar-refractivity contribution in [3.63, 3.8) is 0 Å². The summed E-state index contributed by atoms with van der Waals surface area (Å²) >= 11 is 0. The number of rotatable bonds is 10. The first kappa shape index (κ1) is 22.1. The molecule has 0 aliphatic heterocycles. The number of nitrogens with one attached hydrogen (secondary N) is 1. The third-order valence-electron chi connectivity index (χ3n) is 3.75. The maximum Gasteiger partial charge on any atom is 0.338 e. The molecule has 152 valence electrons. The zero-order valence-electron chi connectivity index (χ0n) is 15.8. The lowest BCUT2D eigenvalue weighted by atomic mass is 10.1. The summed E-state index contributed by atoms with van der Waals surface area (Å²) in [6.45, 7) is 1.92. The molecular weight excluding hydrogens is 396 g/mol. The van der Waals surface area contributed by atoms with Crippen LogP contribution in [-0.4, -0.2) is 39.9 Å². The molecule has 0 spiro atoms. The van der Waals surface area contributed by atoms with Crippen molar-refractivity contribution in [2.45, 2.75) is 18.2 Å². The molecule has 8 nitrogen and oxygen atoms in total. The van der Waals surface area contributed by atoms with Gasteiger partial charge in [-0.25, -0.2) is 17.9 Å². The highest BCUT2D eigenvalue weighted by Crippen LogP contribution is 2.14. The summed E-state index contributed by atoms with van der Waals surface area (Å²) in [6, 6.07) is 13.4. The van der Waals surface area contributed by atoms with Crippen LogP contribution >= 0.6 is 0 Å². The van der Waals surface area contributed by atoms with Crippen LogP contribution in [0.4, 0.5) is 0 Å². The van der Waals surface area contributed by atoms with Gasteiger partial charge in [-0.15, -0.1) is 0 Å². The highest BCUT2D eigenvalue weighted by atomic mass is 32.2. The molecule has 0 saturated heterocycles. The zero-order chi connectivity index (χ0) is 21.3. The van der Waals surface area contributed by atoms with Crippen LogP contribution in [0.5, 0.6) is 5.75 Å². The topological polar surface area (TPSA) is 123 Å².